The maximum absolute atomic E-state index is 11.9. The molecule has 2 aliphatic rings. The summed E-state index contributed by atoms with van der Waals surface area (Å²) in [5, 5.41) is 15.9. The minimum atomic E-state index is -0.398. The van der Waals surface area contributed by atoms with Gasteiger partial charge in [0.25, 0.3) is 0 Å². The Balaban J connectivity index is 2.03. The number of amides is 1. The molecule has 2 heterocycles. The molecule has 2 rings (SSSR count). The molecule has 2 saturated heterocycles. The van der Waals surface area contributed by atoms with Crippen molar-refractivity contribution in [1.29, 1.82) is 0 Å². The zero-order valence-electron chi connectivity index (χ0n) is 10.2. The van der Waals surface area contributed by atoms with Crippen molar-refractivity contribution in [3.8, 4) is 0 Å². The fourth-order valence-corrected chi connectivity index (χ4v) is 2.52. The van der Waals surface area contributed by atoms with E-state index in [4.69, 9.17) is 4.74 Å². The van der Waals surface area contributed by atoms with Crippen molar-refractivity contribution >= 4 is 5.91 Å². The van der Waals surface area contributed by atoms with Gasteiger partial charge in [-0.3, -0.25) is 9.69 Å². The molecule has 0 bridgehead atoms. The zero-order valence-corrected chi connectivity index (χ0v) is 10.2. The third kappa shape index (κ3) is 2.77. The Morgan fingerprint density at radius 3 is 3.06 bits per heavy atom. The number of ether oxygens (including phenoxy) is 1. The number of carbonyl (C=O) groups is 1. The second-order valence-electron chi connectivity index (χ2n) is 4.52. The van der Waals surface area contributed by atoms with Crippen molar-refractivity contribution in [2.45, 2.75) is 25.1 Å². The SMILES string of the molecule is CCNC(=O)C1COCCN1C1CNCC1O. The van der Waals surface area contributed by atoms with Crippen LogP contribution in [0.25, 0.3) is 0 Å². The van der Waals surface area contributed by atoms with Gasteiger partial charge in [0.15, 0.2) is 0 Å². The van der Waals surface area contributed by atoms with Crippen LogP contribution in [-0.2, 0) is 9.53 Å². The number of aliphatic hydroxyl groups is 1. The molecule has 0 aromatic heterocycles. The Bertz CT molecular complexity index is 275. The second-order valence-corrected chi connectivity index (χ2v) is 4.52. The summed E-state index contributed by atoms with van der Waals surface area (Å²) in [7, 11) is 0. The number of hydrogen-bond acceptors (Lipinski definition) is 5. The van der Waals surface area contributed by atoms with Crippen molar-refractivity contribution in [1.82, 2.24) is 15.5 Å². The van der Waals surface area contributed by atoms with Gasteiger partial charge < -0.3 is 20.5 Å². The van der Waals surface area contributed by atoms with E-state index in [-0.39, 0.29) is 18.0 Å². The molecule has 2 fully saturated rings. The van der Waals surface area contributed by atoms with Gasteiger partial charge in [0.05, 0.1) is 25.4 Å². The Labute approximate surface area is 101 Å². The van der Waals surface area contributed by atoms with Gasteiger partial charge in [0.1, 0.15) is 6.04 Å². The van der Waals surface area contributed by atoms with Gasteiger partial charge in [-0.05, 0) is 6.92 Å². The smallest absolute Gasteiger partial charge is 0.239 e. The van der Waals surface area contributed by atoms with Crippen LogP contribution >= 0.6 is 0 Å². The summed E-state index contributed by atoms with van der Waals surface area (Å²) in [5.41, 5.74) is 0. The van der Waals surface area contributed by atoms with Gasteiger partial charge in [0, 0.05) is 26.2 Å². The molecule has 3 atom stereocenters. The van der Waals surface area contributed by atoms with Crippen LogP contribution in [0.1, 0.15) is 6.92 Å². The summed E-state index contributed by atoms with van der Waals surface area (Å²) < 4.78 is 5.37. The van der Waals surface area contributed by atoms with Gasteiger partial charge in [-0.15, -0.1) is 0 Å². The summed E-state index contributed by atoms with van der Waals surface area (Å²) in [6, 6.07) is -0.255. The number of nitrogens with one attached hydrogen (secondary N) is 2. The van der Waals surface area contributed by atoms with Crippen LogP contribution in [0.2, 0.25) is 0 Å². The predicted octanol–water partition coefficient (Wildman–Crippen LogP) is -1.84. The average Bonchev–Trinajstić information content (AvgIpc) is 2.76. The maximum Gasteiger partial charge on any atom is 0.239 e. The highest BCUT2D eigenvalue weighted by Gasteiger charge is 2.39. The topological polar surface area (TPSA) is 73.8 Å². The van der Waals surface area contributed by atoms with Crippen molar-refractivity contribution in [3.63, 3.8) is 0 Å². The van der Waals surface area contributed by atoms with E-state index >= 15 is 0 Å². The number of rotatable bonds is 3. The monoisotopic (exact) mass is 243 g/mol. The van der Waals surface area contributed by atoms with E-state index in [2.05, 4.69) is 15.5 Å². The first-order valence-corrected chi connectivity index (χ1v) is 6.24. The van der Waals surface area contributed by atoms with E-state index in [0.29, 0.717) is 32.8 Å². The quantitative estimate of drug-likeness (QED) is 0.543. The first-order chi connectivity index (χ1) is 8.24. The van der Waals surface area contributed by atoms with Crippen LogP contribution in [-0.4, -0.2) is 73.5 Å². The number of hydrogen-bond donors (Lipinski definition) is 3. The second kappa shape index (κ2) is 5.77. The zero-order chi connectivity index (χ0) is 12.3. The number of morpholine rings is 1. The first-order valence-electron chi connectivity index (χ1n) is 6.24. The molecule has 6 heteroatoms. The minimum Gasteiger partial charge on any atom is -0.390 e. The Hall–Kier alpha value is -0.690. The van der Waals surface area contributed by atoms with Gasteiger partial charge >= 0.3 is 0 Å². The van der Waals surface area contributed by atoms with Crippen molar-refractivity contribution in [2.24, 2.45) is 0 Å². The van der Waals surface area contributed by atoms with E-state index < -0.39 is 6.10 Å². The molecule has 0 saturated carbocycles. The number of likely N-dealkylation sites (N-methyl/N-ethyl adjacent to an activating group) is 1. The minimum absolute atomic E-state index is 0.00806. The third-order valence-electron chi connectivity index (χ3n) is 3.40. The highest BCUT2D eigenvalue weighted by Crippen LogP contribution is 2.16. The summed E-state index contributed by atoms with van der Waals surface area (Å²) in [4.78, 5) is 14.0. The molecule has 0 aromatic carbocycles. The largest absolute Gasteiger partial charge is 0.390 e. The van der Waals surface area contributed by atoms with Crippen LogP contribution in [0.15, 0.2) is 0 Å². The van der Waals surface area contributed by atoms with Gasteiger partial charge in [-0.2, -0.15) is 0 Å². The summed E-state index contributed by atoms with van der Waals surface area (Å²) in [6.07, 6.45) is -0.398. The van der Waals surface area contributed by atoms with Crippen LogP contribution in [0.5, 0.6) is 0 Å². The molecule has 17 heavy (non-hydrogen) atoms. The highest BCUT2D eigenvalue weighted by molar-refractivity contribution is 5.82. The van der Waals surface area contributed by atoms with Crippen molar-refractivity contribution < 1.29 is 14.6 Å². The molecule has 1 amide bonds. The summed E-state index contributed by atoms with van der Waals surface area (Å²) in [5.74, 6) is -0.00806. The van der Waals surface area contributed by atoms with Gasteiger partial charge in [0.2, 0.25) is 5.91 Å². The van der Waals surface area contributed by atoms with E-state index in [1.54, 1.807) is 0 Å². The lowest BCUT2D eigenvalue weighted by Crippen LogP contribution is -2.59. The number of carbonyl (C=O) groups excluding carboxylic acids is 1. The lowest BCUT2D eigenvalue weighted by molar-refractivity contribution is -0.135. The van der Waals surface area contributed by atoms with Gasteiger partial charge in [-0.1, -0.05) is 0 Å². The molecule has 3 unspecified atom stereocenters. The van der Waals surface area contributed by atoms with E-state index in [1.807, 2.05) is 6.92 Å². The van der Waals surface area contributed by atoms with Crippen molar-refractivity contribution in [3.05, 3.63) is 0 Å². The first kappa shape index (κ1) is 12.8. The fraction of sp³-hybridized carbons (Fsp3) is 0.909. The Morgan fingerprint density at radius 2 is 2.41 bits per heavy atom. The normalized spacial score (nSPS) is 34.8. The molecule has 0 spiro atoms. The molecule has 0 aromatic rings. The lowest BCUT2D eigenvalue weighted by atomic mass is 10.1. The highest BCUT2D eigenvalue weighted by atomic mass is 16.5. The standard InChI is InChI=1S/C11H21N3O3/c1-2-13-11(16)9-7-17-4-3-14(9)8-5-12-6-10(8)15/h8-10,12,15H,2-7H2,1H3,(H,13,16). The molecule has 0 radical (unpaired) electrons. The molecule has 6 nitrogen and oxygen atoms in total. The van der Waals surface area contributed by atoms with Crippen LogP contribution in [0, 0.1) is 0 Å². The van der Waals surface area contributed by atoms with E-state index in [9.17, 15) is 9.90 Å². The van der Waals surface area contributed by atoms with E-state index in [0.717, 1.165) is 6.54 Å². The fourth-order valence-electron chi connectivity index (χ4n) is 2.52. The molecular weight excluding hydrogens is 222 g/mol. The van der Waals surface area contributed by atoms with Crippen LogP contribution in [0.3, 0.4) is 0 Å². The molecule has 2 aliphatic heterocycles. The third-order valence-corrected chi connectivity index (χ3v) is 3.40. The molecule has 3 N–H and O–H groups in total. The van der Waals surface area contributed by atoms with Crippen LogP contribution < -0.4 is 10.6 Å². The number of nitrogens with zero attached hydrogens (tertiary/aromatic N) is 1. The van der Waals surface area contributed by atoms with Crippen LogP contribution in [0.4, 0.5) is 0 Å². The number of aliphatic hydroxyl groups excluding tert-OH is 1. The Kier molecular flexibility index (Phi) is 4.33. The van der Waals surface area contributed by atoms with Crippen molar-refractivity contribution in [2.75, 3.05) is 39.4 Å². The van der Waals surface area contributed by atoms with E-state index in [1.165, 1.54) is 0 Å². The number of β-amino-alcohol motifs (C(OH)–C–C–N with tert-alkyl or cyclic N) is 1. The predicted molar refractivity (Wildman–Crippen MR) is 62.7 cm³/mol. The Morgan fingerprint density at radius 1 is 1.59 bits per heavy atom. The molecule has 0 aliphatic carbocycles. The van der Waals surface area contributed by atoms with Gasteiger partial charge in [-0.25, -0.2) is 0 Å². The summed E-state index contributed by atoms with van der Waals surface area (Å²) in [6.45, 7) is 5.59. The molecule has 98 valence electrons. The summed E-state index contributed by atoms with van der Waals surface area (Å²) >= 11 is 0. The lowest BCUT2D eigenvalue weighted by Gasteiger charge is -2.39. The molecular formula is C11H21N3O3. The average molecular weight is 243 g/mol. The maximum atomic E-state index is 11.9.